The summed E-state index contributed by atoms with van der Waals surface area (Å²) in [5, 5.41) is 13.6. The van der Waals surface area contributed by atoms with Crippen LogP contribution in [0, 0.1) is 16.0 Å². The molecule has 0 spiro atoms. The Morgan fingerprint density at radius 2 is 2.19 bits per heavy atom. The molecule has 6 nitrogen and oxygen atoms in total. The Hall–Kier alpha value is -1.18. The topological polar surface area (TPSA) is 98.3 Å². The van der Waals surface area contributed by atoms with Gasteiger partial charge in [0.1, 0.15) is 0 Å². The van der Waals surface area contributed by atoms with E-state index in [0.717, 1.165) is 18.4 Å². The number of nitrogens with two attached hydrogens (primary N) is 1. The minimum Gasteiger partial charge on any atom is -0.352 e. The summed E-state index contributed by atoms with van der Waals surface area (Å²) in [5.41, 5.74) is 6.36. The average Bonchev–Trinajstić information content (AvgIpc) is 3.22. The number of carbonyl (C=O) groups is 1. The molecule has 1 aromatic carbocycles. The molecule has 0 bridgehead atoms. The molecule has 0 saturated heterocycles. The van der Waals surface area contributed by atoms with Gasteiger partial charge in [-0.15, -0.1) is 12.4 Å². The van der Waals surface area contributed by atoms with Gasteiger partial charge in [0.2, 0.25) is 5.91 Å². The van der Waals surface area contributed by atoms with Gasteiger partial charge in [0.25, 0.3) is 5.69 Å². The second-order valence-electron chi connectivity index (χ2n) is 4.96. The third-order valence-corrected chi connectivity index (χ3v) is 4.13. The van der Waals surface area contributed by atoms with Crippen molar-refractivity contribution in [3.63, 3.8) is 0 Å². The van der Waals surface area contributed by atoms with E-state index < -0.39 is 4.92 Å². The Kier molecular flexibility index (Phi) is 6.57. The fourth-order valence-corrected chi connectivity index (χ4v) is 2.60. The first-order chi connectivity index (χ1) is 9.51. The van der Waals surface area contributed by atoms with Crippen molar-refractivity contribution >= 4 is 39.9 Å². The average molecular weight is 379 g/mol. The zero-order chi connectivity index (χ0) is 14.7. The monoisotopic (exact) mass is 377 g/mol. The van der Waals surface area contributed by atoms with Crippen molar-refractivity contribution in [2.45, 2.75) is 25.3 Å². The highest BCUT2D eigenvalue weighted by Gasteiger charge is 2.31. The van der Waals surface area contributed by atoms with Crippen molar-refractivity contribution in [3.8, 4) is 0 Å². The predicted octanol–water partition coefficient (Wildman–Crippen LogP) is 2.18. The van der Waals surface area contributed by atoms with Crippen LogP contribution in [0.2, 0.25) is 0 Å². The second kappa shape index (κ2) is 7.72. The van der Waals surface area contributed by atoms with E-state index >= 15 is 0 Å². The fraction of sp³-hybridized carbons (Fsp3) is 0.462. The van der Waals surface area contributed by atoms with Crippen molar-refractivity contribution in [2.75, 3.05) is 6.54 Å². The lowest BCUT2D eigenvalue weighted by Gasteiger charge is -2.16. The van der Waals surface area contributed by atoms with E-state index in [1.165, 1.54) is 12.1 Å². The molecule has 21 heavy (non-hydrogen) atoms. The lowest BCUT2D eigenvalue weighted by atomic mass is 10.1. The number of amides is 1. The van der Waals surface area contributed by atoms with Gasteiger partial charge >= 0.3 is 0 Å². The number of nitrogens with one attached hydrogen (secondary N) is 1. The third-order valence-electron chi connectivity index (χ3n) is 3.39. The number of halogens is 2. The molecule has 1 atom stereocenters. The highest BCUT2D eigenvalue weighted by Crippen LogP contribution is 2.32. The summed E-state index contributed by atoms with van der Waals surface area (Å²) in [5.74, 6) is 0.395. The number of hydrogen-bond donors (Lipinski definition) is 2. The zero-order valence-corrected chi connectivity index (χ0v) is 13.7. The van der Waals surface area contributed by atoms with Crippen LogP contribution in [0.1, 0.15) is 18.4 Å². The molecule has 1 fully saturated rings. The molecule has 0 heterocycles. The minimum atomic E-state index is -0.466. The predicted molar refractivity (Wildman–Crippen MR) is 85.5 cm³/mol. The van der Waals surface area contributed by atoms with Crippen molar-refractivity contribution in [2.24, 2.45) is 11.7 Å². The first kappa shape index (κ1) is 17.9. The molecule has 0 radical (unpaired) electrons. The highest BCUT2D eigenvalue weighted by molar-refractivity contribution is 9.10. The maximum atomic E-state index is 12.0. The van der Waals surface area contributed by atoms with Gasteiger partial charge in [0.15, 0.2) is 0 Å². The first-order valence-electron chi connectivity index (χ1n) is 6.43. The smallest absolute Gasteiger partial charge is 0.270 e. The van der Waals surface area contributed by atoms with Crippen LogP contribution in [0.5, 0.6) is 0 Å². The van der Waals surface area contributed by atoms with Crippen molar-refractivity contribution in [1.82, 2.24) is 5.32 Å². The molecule has 1 saturated carbocycles. The zero-order valence-electron chi connectivity index (χ0n) is 11.3. The minimum absolute atomic E-state index is 0. The molecule has 1 unspecified atom stereocenters. The number of non-ortho nitro benzene ring substituents is 1. The largest absolute Gasteiger partial charge is 0.352 e. The van der Waals surface area contributed by atoms with Gasteiger partial charge in [0, 0.05) is 29.2 Å². The van der Waals surface area contributed by atoms with Gasteiger partial charge in [-0.2, -0.15) is 0 Å². The summed E-state index contributed by atoms with van der Waals surface area (Å²) in [6.07, 6.45) is 2.41. The molecule has 2 rings (SSSR count). The van der Waals surface area contributed by atoms with Gasteiger partial charge in [0.05, 0.1) is 11.3 Å². The Labute approximate surface area is 137 Å². The van der Waals surface area contributed by atoms with Crippen molar-refractivity contribution < 1.29 is 9.72 Å². The molecule has 8 heteroatoms. The van der Waals surface area contributed by atoms with Crippen LogP contribution in [0.25, 0.3) is 0 Å². The molecule has 1 aromatic rings. The standard InChI is InChI=1S/C13H16BrN3O3.ClH/c14-11-6-10(17(19)20)4-3-9(11)5-13(18)16-12(7-15)8-1-2-8;/h3-4,6,8,12H,1-2,5,7,15H2,(H,16,18);1H. The third kappa shape index (κ3) is 4.94. The van der Waals surface area contributed by atoms with E-state index in [0.29, 0.717) is 16.9 Å². The van der Waals surface area contributed by atoms with Crippen LogP contribution in [0.3, 0.4) is 0 Å². The molecular weight excluding hydrogens is 362 g/mol. The first-order valence-corrected chi connectivity index (χ1v) is 7.23. The summed E-state index contributed by atoms with van der Waals surface area (Å²) in [6, 6.07) is 4.44. The number of hydrogen-bond acceptors (Lipinski definition) is 4. The van der Waals surface area contributed by atoms with Crippen molar-refractivity contribution in [3.05, 3.63) is 38.3 Å². The molecule has 1 aliphatic rings. The quantitative estimate of drug-likeness (QED) is 0.585. The Bertz CT molecular complexity index is 537. The van der Waals surface area contributed by atoms with Crippen LogP contribution in [0.4, 0.5) is 5.69 Å². The summed E-state index contributed by atoms with van der Waals surface area (Å²) in [6.45, 7) is 0.442. The number of nitro benzene ring substituents is 1. The summed E-state index contributed by atoms with van der Waals surface area (Å²) in [4.78, 5) is 22.1. The summed E-state index contributed by atoms with van der Waals surface area (Å²) in [7, 11) is 0. The van der Waals surface area contributed by atoms with E-state index in [1.807, 2.05) is 0 Å². The SMILES string of the molecule is Cl.NCC(NC(=O)Cc1ccc([N+](=O)[O-])cc1Br)C1CC1. The number of rotatable bonds is 6. The van der Waals surface area contributed by atoms with Gasteiger partial charge in [-0.25, -0.2) is 0 Å². The molecule has 1 aliphatic carbocycles. The summed E-state index contributed by atoms with van der Waals surface area (Å²) < 4.78 is 0.567. The fourth-order valence-electron chi connectivity index (χ4n) is 2.09. The van der Waals surface area contributed by atoms with E-state index in [4.69, 9.17) is 5.73 Å². The number of benzene rings is 1. The lowest BCUT2D eigenvalue weighted by molar-refractivity contribution is -0.384. The van der Waals surface area contributed by atoms with Crippen molar-refractivity contribution in [1.29, 1.82) is 0 Å². The molecule has 116 valence electrons. The van der Waals surface area contributed by atoms with Gasteiger partial charge in [-0.1, -0.05) is 22.0 Å². The van der Waals surface area contributed by atoms with Gasteiger partial charge in [-0.05, 0) is 24.3 Å². The lowest BCUT2D eigenvalue weighted by Crippen LogP contribution is -2.42. The van der Waals surface area contributed by atoms with Crippen LogP contribution in [0.15, 0.2) is 22.7 Å². The molecule has 1 amide bonds. The Balaban J connectivity index is 0.00000220. The van der Waals surface area contributed by atoms with Crippen LogP contribution in [-0.2, 0) is 11.2 Å². The van der Waals surface area contributed by atoms with Crippen LogP contribution in [-0.4, -0.2) is 23.4 Å². The maximum Gasteiger partial charge on any atom is 0.270 e. The van der Waals surface area contributed by atoms with Gasteiger partial charge in [-0.3, -0.25) is 14.9 Å². The number of carbonyl (C=O) groups excluding carboxylic acids is 1. The Morgan fingerprint density at radius 1 is 1.52 bits per heavy atom. The number of nitro groups is 1. The van der Waals surface area contributed by atoms with E-state index in [9.17, 15) is 14.9 Å². The van der Waals surface area contributed by atoms with E-state index in [1.54, 1.807) is 6.07 Å². The van der Waals surface area contributed by atoms with E-state index in [2.05, 4.69) is 21.2 Å². The second-order valence-corrected chi connectivity index (χ2v) is 5.81. The molecular formula is C13H17BrClN3O3. The molecule has 0 aliphatic heterocycles. The molecule has 3 N–H and O–H groups in total. The van der Waals surface area contributed by atoms with Crippen LogP contribution < -0.4 is 11.1 Å². The number of nitrogens with zero attached hydrogens (tertiary/aromatic N) is 1. The maximum absolute atomic E-state index is 12.0. The van der Waals surface area contributed by atoms with E-state index in [-0.39, 0.29) is 36.5 Å². The summed E-state index contributed by atoms with van der Waals surface area (Å²) >= 11 is 3.26. The highest BCUT2D eigenvalue weighted by atomic mass is 79.9. The Morgan fingerprint density at radius 3 is 2.67 bits per heavy atom. The normalized spacial score (nSPS) is 15.0. The molecule has 0 aromatic heterocycles. The van der Waals surface area contributed by atoms with Crippen LogP contribution >= 0.6 is 28.3 Å². The van der Waals surface area contributed by atoms with Gasteiger partial charge < -0.3 is 11.1 Å².